The van der Waals surface area contributed by atoms with Crippen molar-refractivity contribution in [3.05, 3.63) is 53.6 Å². The Labute approximate surface area is 125 Å². The first-order chi connectivity index (χ1) is 9.88. The van der Waals surface area contributed by atoms with Gasteiger partial charge >= 0.3 is 0 Å². The topological polar surface area (TPSA) is 75.0 Å². The van der Waals surface area contributed by atoms with Gasteiger partial charge in [-0.2, -0.15) is 0 Å². The van der Waals surface area contributed by atoms with Crippen LogP contribution in [0.4, 0.5) is 0 Å². The van der Waals surface area contributed by atoms with Crippen LogP contribution in [0, 0.1) is 6.92 Å². The van der Waals surface area contributed by atoms with Gasteiger partial charge in [-0.05, 0) is 25.8 Å². The third-order valence-electron chi connectivity index (χ3n) is 3.39. The van der Waals surface area contributed by atoms with Gasteiger partial charge in [-0.15, -0.1) is 0 Å². The van der Waals surface area contributed by atoms with Crippen molar-refractivity contribution in [1.29, 1.82) is 0 Å². The van der Waals surface area contributed by atoms with E-state index in [4.69, 9.17) is 5.73 Å². The third-order valence-corrected chi connectivity index (χ3v) is 3.39. The van der Waals surface area contributed by atoms with Crippen LogP contribution in [0.2, 0.25) is 0 Å². The van der Waals surface area contributed by atoms with Gasteiger partial charge in [-0.25, -0.2) is 4.98 Å². The average Bonchev–Trinajstić information content (AvgIpc) is 2.83. The number of nitrogens with two attached hydrogens (primary N) is 1. The molecule has 0 bridgehead atoms. The first kappa shape index (κ1) is 15.3. The summed E-state index contributed by atoms with van der Waals surface area (Å²) in [5.74, 6) is 0.666. The van der Waals surface area contributed by atoms with E-state index in [-0.39, 0.29) is 5.91 Å². The van der Waals surface area contributed by atoms with Crippen molar-refractivity contribution in [2.45, 2.75) is 32.4 Å². The van der Waals surface area contributed by atoms with Crippen LogP contribution in [0.1, 0.15) is 24.0 Å². The molecule has 0 saturated carbocycles. The molecular formula is C16H22N4O. The summed E-state index contributed by atoms with van der Waals surface area (Å²) in [4.78, 5) is 21.5. The predicted octanol–water partition coefficient (Wildman–Crippen LogP) is 1.64. The fourth-order valence-corrected chi connectivity index (χ4v) is 2.38. The molecule has 1 atom stereocenters. The van der Waals surface area contributed by atoms with Crippen LogP contribution >= 0.6 is 0 Å². The minimum atomic E-state index is -0.933. The summed E-state index contributed by atoms with van der Waals surface area (Å²) in [6, 6.07) is 9.81. The van der Waals surface area contributed by atoms with E-state index < -0.39 is 5.54 Å². The molecule has 3 N–H and O–H groups in total. The van der Waals surface area contributed by atoms with Gasteiger partial charge in [0.05, 0.1) is 12.1 Å². The molecule has 2 aromatic rings. The van der Waals surface area contributed by atoms with Gasteiger partial charge in [0.25, 0.3) is 0 Å². The highest BCUT2D eigenvalue weighted by molar-refractivity contribution is 5.85. The third kappa shape index (κ3) is 3.92. The molecule has 0 aliphatic rings. The minimum Gasteiger partial charge on any atom is -0.345 e. The Balaban J connectivity index is 2.03. The van der Waals surface area contributed by atoms with Crippen LogP contribution in [0.25, 0.3) is 0 Å². The number of carbonyl (C=O) groups is 1. The maximum Gasteiger partial charge on any atom is 0.242 e. The van der Waals surface area contributed by atoms with E-state index in [1.807, 2.05) is 37.3 Å². The second-order valence-electron chi connectivity index (χ2n) is 5.75. The molecule has 0 spiro atoms. The van der Waals surface area contributed by atoms with Crippen LogP contribution in [-0.2, 0) is 17.8 Å². The van der Waals surface area contributed by atoms with Crippen molar-refractivity contribution in [3.63, 3.8) is 0 Å². The molecular weight excluding hydrogens is 264 g/mol. The van der Waals surface area contributed by atoms with E-state index in [1.54, 1.807) is 25.1 Å². The van der Waals surface area contributed by atoms with E-state index in [9.17, 15) is 4.79 Å². The van der Waals surface area contributed by atoms with E-state index in [0.717, 1.165) is 17.1 Å². The first-order valence-electron chi connectivity index (χ1n) is 6.97. The van der Waals surface area contributed by atoms with Crippen molar-refractivity contribution in [1.82, 2.24) is 14.9 Å². The number of imidazole rings is 1. The Kier molecular flexibility index (Phi) is 4.43. The minimum absolute atomic E-state index is 0.0968. The number of carbonyl (C=O) groups excluding carboxylic acids is 1. The molecule has 0 fully saturated rings. The lowest BCUT2D eigenvalue weighted by Gasteiger charge is -2.29. The number of benzene rings is 1. The highest BCUT2D eigenvalue weighted by atomic mass is 16.2. The second kappa shape index (κ2) is 6.10. The van der Waals surface area contributed by atoms with Crippen molar-refractivity contribution >= 4 is 5.91 Å². The standard InChI is InChI=1S/C16H22N4O/c1-12-10-18-14(19-12)11-20(3)15(21)16(2,17)9-13-7-5-4-6-8-13/h4-8,10H,9,11,17H2,1-3H3,(H,18,19)/t16-/m0/s1. The number of H-pyrrole nitrogens is 1. The summed E-state index contributed by atoms with van der Waals surface area (Å²) < 4.78 is 0. The lowest BCUT2D eigenvalue weighted by Crippen LogP contribution is -2.53. The van der Waals surface area contributed by atoms with Crippen molar-refractivity contribution in [2.24, 2.45) is 5.73 Å². The largest absolute Gasteiger partial charge is 0.345 e. The Morgan fingerprint density at radius 3 is 2.62 bits per heavy atom. The molecule has 0 unspecified atom stereocenters. The summed E-state index contributed by atoms with van der Waals surface area (Å²) in [7, 11) is 1.75. The predicted molar refractivity (Wildman–Crippen MR) is 82.5 cm³/mol. The number of amides is 1. The highest BCUT2D eigenvalue weighted by Gasteiger charge is 2.31. The van der Waals surface area contributed by atoms with Crippen molar-refractivity contribution < 1.29 is 4.79 Å². The van der Waals surface area contributed by atoms with E-state index in [0.29, 0.717) is 13.0 Å². The molecule has 112 valence electrons. The number of nitrogens with one attached hydrogen (secondary N) is 1. The molecule has 0 radical (unpaired) electrons. The Morgan fingerprint density at radius 1 is 1.38 bits per heavy atom. The lowest BCUT2D eigenvalue weighted by atomic mass is 9.92. The van der Waals surface area contributed by atoms with E-state index in [1.165, 1.54) is 0 Å². The molecule has 1 amide bonds. The molecule has 5 nitrogen and oxygen atoms in total. The number of aromatic amines is 1. The Morgan fingerprint density at radius 2 is 2.05 bits per heavy atom. The highest BCUT2D eigenvalue weighted by Crippen LogP contribution is 2.14. The zero-order chi connectivity index (χ0) is 15.5. The van der Waals surface area contributed by atoms with Gasteiger partial charge in [-0.1, -0.05) is 30.3 Å². The maximum atomic E-state index is 12.5. The molecule has 1 heterocycles. The van der Waals surface area contributed by atoms with Crippen LogP contribution in [0.15, 0.2) is 36.5 Å². The number of nitrogens with zero attached hydrogens (tertiary/aromatic N) is 2. The number of likely N-dealkylation sites (N-methyl/N-ethyl adjacent to an activating group) is 1. The fraction of sp³-hybridized carbons (Fsp3) is 0.375. The summed E-state index contributed by atoms with van der Waals surface area (Å²) in [6.07, 6.45) is 2.26. The normalized spacial score (nSPS) is 13.7. The second-order valence-corrected chi connectivity index (χ2v) is 5.75. The quantitative estimate of drug-likeness (QED) is 0.877. The average molecular weight is 286 g/mol. The van der Waals surface area contributed by atoms with Crippen LogP contribution < -0.4 is 5.73 Å². The summed E-state index contributed by atoms with van der Waals surface area (Å²) in [5, 5.41) is 0. The van der Waals surface area contributed by atoms with Gasteiger partial charge in [0, 0.05) is 18.9 Å². The summed E-state index contributed by atoms with van der Waals surface area (Å²) in [5.41, 5.74) is 7.33. The maximum absolute atomic E-state index is 12.5. The van der Waals surface area contributed by atoms with Crippen molar-refractivity contribution in [3.8, 4) is 0 Å². The Hall–Kier alpha value is -2.14. The first-order valence-corrected chi connectivity index (χ1v) is 6.97. The summed E-state index contributed by atoms with van der Waals surface area (Å²) >= 11 is 0. The van der Waals surface area contributed by atoms with Gasteiger partial charge in [-0.3, -0.25) is 4.79 Å². The van der Waals surface area contributed by atoms with E-state index >= 15 is 0 Å². The zero-order valence-corrected chi connectivity index (χ0v) is 12.8. The molecule has 2 rings (SSSR count). The van der Waals surface area contributed by atoms with Crippen LogP contribution in [0.3, 0.4) is 0 Å². The monoisotopic (exact) mass is 286 g/mol. The molecule has 5 heteroatoms. The number of aryl methyl sites for hydroxylation is 1. The van der Waals surface area contributed by atoms with Gasteiger partial charge in [0.2, 0.25) is 5.91 Å². The molecule has 21 heavy (non-hydrogen) atoms. The zero-order valence-electron chi connectivity index (χ0n) is 12.8. The number of rotatable bonds is 5. The Bertz CT molecular complexity index is 604. The molecule has 1 aromatic carbocycles. The number of hydrogen-bond donors (Lipinski definition) is 2. The lowest BCUT2D eigenvalue weighted by molar-refractivity contribution is -0.135. The van der Waals surface area contributed by atoms with Gasteiger partial charge in [0.15, 0.2) is 0 Å². The van der Waals surface area contributed by atoms with Gasteiger partial charge < -0.3 is 15.6 Å². The summed E-state index contributed by atoms with van der Waals surface area (Å²) in [6.45, 7) is 4.13. The van der Waals surface area contributed by atoms with Crippen LogP contribution in [0.5, 0.6) is 0 Å². The molecule has 0 aliphatic carbocycles. The van der Waals surface area contributed by atoms with Crippen molar-refractivity contribution in [2.75, 3.05) is 7.05 Å². The SMILES string of the molecule is Cc1cnc(CN(C)C(=O)[C@@](C)(N)Cc2ccccc2)[nH]1. The van der Waals surface area contributed by atoms with Gasteiger partial charge in [0.1, 0.15) is 5.82 Å². The van der Waals surface area contributed by atoms with Crippen LogP contribution in [-0.4, -0.2) is 33.4 Å². The number of hydrogen-bond acceptors (Lipinski definition) is 3. The molecule has 0 aliphatic heterocycles. The fourth-order valence-electron chi connectivity index (χ4n) is 2.38. The van der Waals surface area contributed by atoms with E-state index in [2.05, 4.69) is 9.97 Å². The molecule has 1 aromatic heterocycles. The smallest absolute Gasteiger partial charge is 0.242 e. The number of aromatic nitrogens is 2. The molecule has 0 saturated heterocycles.